The molecule has 1 heterocycles. The number of aromatic nitrogens is 3. The number of nitrogens with one attached hydrogen (secondary N) is 1. The summed E-state index contributed by atoms with van der Waals surface area (Å²) in [5.41, 5.74) is 0. The molecule has 0 aliphatic carbocycles. The van der Waals surface area contributed by atoms with Gasteiger partial charge in [-0.15, -0.1) is 0 Å². The van der Waals surface area contributed by atoms with Gasteiger partial charge < -0.3 is 14.8 Å². The highest BCUT2D eigenvalue weighted by atomic mass is 35.5. The third-order valence-corrected chi connectivity index (χ3v) is 2.16. The van der Waals surface area contributed by atoms with Gasteiger partial charge in [-0.3, -0.25) is 0 Å². The molecule has 0 spiro atoms. The smallest absolute Gasteiger partial charge is 0.322 e. The van der Waals surface area contributed by atoms with Gasteiger partial charge in [0.2, 0.25) is 11.2 Å². The largest absolute Gasteiger partial charge is 0.461 e. The molecule has 0 aromatic carbocycles. The fourth-order valence-electron chi connectivity index (χ4n) is 1.28. The van der Waals surface area contributed by atoms with Crippen molar-refractivity contribution in [2.75, 3.05) is 25.6 Å². The Hall–Kier alpha value is -1.14. The summed E-state index contributed by atoms with van der Waals surface area (Å²) in [5.74, 6) is 0.758. The summed E-state index contributed by atoms with van der Waals surface area (Å²) >= 11 is 5.80. The van der Waals surface area contributed by atoms with Gasteiger partial charge in [-0.2, -0.15) is 15.0 Å². The summed E-state index contributed by atoms with van der Waals surface area (Å²) in [6.07, 6.45) is -0.0104. The molecule has 0 saturated carbocycles. The number of ether oxygens (including phenoxy) is 2. The third-order valence-electron chi connectivity index (χ3n) is 1.99. The third kappa shape index (κ3) is 5.46. The SMILES string of the molecule is COCC(C)CNc1nc(Cl)nc(OC(C)C)n1. The highest BCUT2D eigenvalue weighted by Gasteiger charge is 2.08. The standard InChI is InChI=1S/C11H19ClN4O2/c1-7(2)18-11-15-9(12)14-10(16-11)13-5-8(3)6-17-4/h7-8H,5-6H2,1-4H3,(H,13,14,15,16). The molecule has 18 heavy (non-hydrogen) atoms. The molecule has 1 unspecified atom stereocenters. The lowest BCUT2D eigenvalue weighted by atomic mass is 10.2. The van der Waals surface area contributed by atoms with Gasteiger partial charge >= 0.3 is 6.01 Å². The molecule has 0 radical (unpaired) electrons. The summed E-state index contributed by atoms with van der Waals surface area (Å²) in [5, 5.41) is 3.19. The Bertz CT molecular complexity index is 376. The number of rotatable bonds is 7. The Kier molecular flexibility index (Phi) is 6.07. The molecular formula is C11H19ClN4O2. The zero-order valence-electron chi connectivity index (χ0n) is 11.1. The van der Waals surface area contributed by atoms with Crippen molar-refractivity contribution >= 4 is 17.5 Å². The van der Waals surface area contributed by atoms with Crippen LogP contribution in [-0.2, 0) is 4.74 Å². The van der Waals surface area contributed by atoms with E-state index >= 15 is 0 Å². The predicted molar refractivity (Wildman–Crippen MR) is 70.1 cm³/mol. The second kappa shape index (κ2) is 7.33. The Morgan fingerprint density at radius 1 is 1.22 bits per heavy atom. The van der Waals surface area contributed by atoms with E-state index in [1.165, 1.54) is 0 Å². The lowest BCUT2D eigenvalue weighted by molar-refractivity contribution is 0.164. The maximum atomic E-state index is 5.80. The van der Waals surface area contributed by atoms with Crippen LogP contribution < -0.4 is 10.1 Å². The van der Waals surface area contributed by atoms with Crippen molar-refractivity contribution < 1.29 is 9.47 Å². The van der Waals surface area contributed by atoms with Crippen molar-refractivity contribution in [3.63, 3.8) is 0 Å². The van der Waals surface area contributed by atoms with E-state index in [2.05, 4.69) is 27.2 Å². The summed E-state index contributed by atoms with van der Waals surface area (Å²) in [6.45, 7) is 7.21. The molecule has 1 rings (SSSR count). The Morgan fingerprint density at radius 3 is 2.56 bits per heavy atom. The number of halogens is 1. The zero-order chi connectivity index (χ0) is 13.5. The normalized spacial score (nSPS) is 12.6. The number of methoxy groups -OCH3 is 1. The molecule has 1 N–H and O–H groups in total. The maximum Gasteiger partial charge on any atom is 0.322 e. The lowest BCUT2D eigenvalue weighted by Crippen LogP contribution is -2.18. The number of hydrogen-bond acceptors (Lipinski definition) is 6. The monoisotopic (exact) mass is 274 g/mol. The first-order valence-electron chi connectivity index (χ1n) is 5.82. The van der Waals surface area contributed by atoms with Gasteiger partial charge in [0.05, 0.1) is 12.7 Å². The van der Waals surface area contributed by atoms with Crippen molar-refractivity contribution in [2.24, 2.45) is 5.92 Å². The molecule has 1 atom stereocenters. The van der Waals surface area contributed by atoms with Crippen molar-refractivity contribution in [1.29, 1.82) is 0 Å². The number of nitrogens with zero attached hydrogens (tertiary/aromatic N) is 3. The highest BCUT2D eigenvalue weighted by Crippen LogP contribution is 2.13. The van der Waals surface area contributed by atoms with E-state index in [0.717, 1.165) is 0 Å². The van der Waals surface area contributed by atoms with E-state index < -0.39 is 0 Å². The van der Waals surface area contributed by atoms with Crippen LogP contribution in [-0.4, -0.2) is 41.3 Å². The van der Waals surface area contributed by atoms with Crippen LogP contribution in [0.4, 0.5) is 5.95 Å². The van der Waals surface area contributed by atoms with Gasteiger partial charge in [-0.05, 0) is 31.4 Å². The van der Waals surface area contributed by atoms with Crippen LogP contribution in [0.1, 0.15) is 20.8 Å². The molecular weight excluding hydrogens is 256 g/mol. The minimum absolute atomic E-state index is 0.0104. The van der Waals surface area contributed by atoms with Crippen LogP contribution in [0.25, 0.3) is 0 Å². The Labute approximate surface area is 112 Å². The highest BCUT2D eigenvalue weighted by molar-refractivity contribution is 6.28. The van der Waals surface area contributed by atoms with Gasteiger partial charge in [0.1, 0.15) is 0 Å². The minimum Gasteiger partial charge on any atom is -0.461 e. The van der Waals surface area contributed by atoms with Crippen molar-refractivity contribution in [2.45, 2.75) is 26.9 Å². The van der Waals surface area contributed by atoms with Crippen LogP contribution in [0, 0.1) is 5.92 Å². The van der Waals surface area contributed by atoms with E-state index in [-0.39, 0.29) is 17.4 Å². The van der Waals surface area contributed by atoms with Gasteiger partial charge in [-0.25, -0.2) is 0 Å². The van der Waals surface area contributed by atoms with Crippen molar-refractivity contribution in [3.05, 3.63) is 5.28 Å². The molecule has 0 bridgehead atoms. The molecule has 0 saturated heterocycles. The van der Waals surface area contributed by atoms with E-state index in [1.54, 1.807) is 7.11 Å². The number of hydrogen-bond donors (Lipinski definition) is 1. The van der Waals surface area contributed by atoms with E-state index in [0.29, 0.717) is 25.0 Å². The van der Waals surface area contributed by atoms with Crippen LogP contribution in [0.5, 0.6) is 6.01 Å². The van der Waals surface area contributed by atoms with Crippen molar-refractivity contribution in [3.8, 4) is 6.01 Å². The molecule has 0 amide bonds. The van der Waals surface area contributed by atoms with Crippen LogP contribution >= 0.6 is 11.6 Å². The summed E-state index contributed by atoms with van der Waals surface area (Å²) in [4.78, 5) is 12.0. The first kappa shape index (κ1) is 14.9. The molecule has 0 aliphatic heterocycles. The van der Waals surface area contributed by atoms with Gasteiger partial charge in [0.25, 0.3) is 0 Å². The molecule has 7 heteroatoms. The van der Waals surface area contributed by atoms with Crippen LogP contribution in [0.15, 0.2) is 0 Å². The lowest BCUT2D eigenvalue weighted by Gasteiger charge is -2.12. The zero-order valence-corrected chi connectivity index (χ0v) is 11.9. The summed E-state index contributed by atoms with van der Waals surface area (Å²) < 4.78 is 10.4. The Morgan fingerprint density at radius 2 is 1.94 bits per heavy atom. The van der Waals surface area contributed by atoms with Gasteiger partial charge in [-0.1, -0.05) is 6.92 Å². The van der Waals surface area contributed by atoms with E-state index in [1.807, 2.05) is 13.8 Å². The van der Waals surface area contributed by atoms with E-state index in [4.69, 9.17) is 21.1 Å². The molecule has 0 aliphatic rings. The average molecular weight is 275 g/mol. The molecule has 1 aromatic rings. The molecule has 1 aromatic heterocycles. The molecule has 0 fully saturated rings. The first-order valence-corrected chi connectivity index (χ1v) is 6.20. The van der Waals surface area contributed by atoms with Crippen LogP contribution in [0.3, 0.4) is 0 Å². The maximum absolute atomic E-state index is 5.80. The number of anilines is 1. The van der Waals surface area contributed by atoms with Gasteiger partial charge in [0.15, 0.2) is 0 Å². The van der Waals surface area contributed by atoms with Crippen molar-refractivity contribution in [1.82, 2.24) is 15.0 Å². The Balaban J connectivity index is 2.62. The van der Waals surface area contributed by atoms with Crippen LogP contribution in [0.2, 0.25) is 5.28 Å². The average Bonchev–Trinajstić information content (AvgIpc) is 2.25. The summed E-state index contributed by atoms with van der Waals surface area (Å²) in [6, 6.07) is 0.229. The van der Waals surface area contributed by atoms with E-state index in [9.17, 15) is 0 Å². The summed E-state index contributed by atoms with van der Waals surface area (Å²) in [7, 11) is 1.67. The fourth-order valence-corrected chi connectivity index (χ4v) is 1.44. The molecule has 102 valence electrons. The first-order chi connectivity index (χ1) is 8.51. The topological polar surface area (TPSA) is 69.2 Å². The predicted octanol–water partition coefficient (Wildman–Crippen LogP) is 2.01. The van der Waals surface area contributed by atoms with Gasteiger partial charge in [0, 0.05) is 13.7 Å². The second-order valence-electron chi connectivity index (χ2n) is 4.32. The minimum atomic E-state index is -0.0104. The fraction of sp³-hybridized carbons (Fsp3) is 0.727. The molecule has 6 nitrogen and oxygen atoms in total. The second-order valence-corrected chi connectivity index (χ2v) is 4.66. The quantitative estimate of drug-likeness (QED) is 0.820.